The second-order valence-corrected chi connectivity index (χ2v) is 4.88. The maximum absolute atomic E-state index is 5.96. The molecule has 0 bridgehead atoms. The molecule has 1 nitrogen and oxygen atoms in total. The molecule has 0 aromatic carbocycles. The SMILES string of the molecule is CC(C)(N)CC(C)(C)C1=CC#C1. The van der Waals surface area contributed by atoms with Gasteiger partial charge >= 0.3 is 0 Å². The van der Waals surface area contributed by atoms with Crippen molar-refractivity contribution in [1.82, 2.24) is 0 Å². The van der Waals surface area contributed by atoms with Gasteiger partial charge in [0.25, 0.3) is 0 Å². The fourth-order valence-electron chi connectivity index (χ4n) is 1.74. The first-order chi connectivity index (χ1) is 5.31. The quantitative estimate of drug-likeness (QED) is 0.633. The van der Waals surface area contributed by atoms with Crippen LogP contribution in [0.3, 0.4) is 0 Å². The van der Waals surface area contributed by atoms with E-state index in [4.69, 9.17) is 5.73 Å². The van der Waals surface area contributed by atoms with Crippen molar-refractivity contribution in [3.05, 3.63) is 11.6 Å². The van der Waals surface area contributed by atoms with Crippen LogP contribution in [0.1, 0.15) is 34.1 Å². The first-order valence-electron chi connectivity index (χ1n) is 4.32. The Balaban J connectivity index is 2.63. The fourth-order valence-corrected chi connectivity index (χ4v) is 1.74. The van der Waals surface area contributed by atoms with Gasteiger partial charge in [-0.25, -0.2) is 0 Å². The topological polar surface area (TPSA) is 26.0 Å². The highest BCUT2D eigenvalue weighted by molar-refractivity contribution is 5.49. The minimum Gasteiger partial charge on any atom is -0.326 e. The summed E-state index contributed by atoms with van der Waals surface area (Å²) in [5, 5.41) is 0. The van der Waals surface area contributed by atoms with Crippen molar-refractivity contribution in [2.45, 2.75) is 39.7 Å². The van der Waals surface area contributed by atoms with Crippen LogP contribution in [0.5, 0.6) is 0 Å². The van der Waals surface area contributed by atoms with E-state index in [-0.39, 0.29) is 11.0 Å². The maximum atomic E-state index is 5.96. The molecule has 0 aromatic rings. The highest BCUT2D eigenvalue weighted by Gasteiger charge is 2.29. The molecule has 0 atom stereocenters. The zero-order valence-electron chi connectivity index (χ0n) is 8.36. The van der Waals surface area contributed by atoms with Crippen molar-refractivity contribution >= 4 is 0 Å². The summed E-state index contributed by atoms with van der Waals surface area (Å²) < 4.78 is 0. The van der Waals surface area contributed by atoms with E-state index in [1.165, 1.54) is 5.57 Å². The average molecular weight is 163 g/mol. The van der Waals surface area contributed by atoms with E-state index in [1.54, 1.807) is 0 Å². The Kier molecular flexibility index (Phi) is 2.06. The van der Waals surface area contributed by atoms with Gasteiger partial charge in [-0.15, -0.1) is 0 Å². The van der Waals surface area contributed by atoms with Gasteiger partial charge in [0.15, 0.2) is 0 Å². The Morgan fingerprint density at radius 1 is 1.33 bits per heavy atom. The third kappa shape index (κ3) is 2.12. The van der Waals surface area contributed by atoms with Crippen molar-refractivity contribution in [3.8, 4) is 11.8 Å². The maximum Gasteiger partial charge on any atom is 0.0164 e. The van der Waals surface area contributed by atoms with Crippen LogP contribution in [0.15, 0.2) is 11.6 Å². The summed E-state index contributed by atoms with van der Waals surface area (Å²) >= 11 is 0. The molecule has 0 aliphatic heterocycles. The van der Waals surface area contributed by atoms with Gasteiger partial charge in [-0.2, -0.15) is 0 Å². The number of nitrogens with two attached hydrogens (primary N) is 1. The zero-order valence-corrected chi connectivity index (χ0v) is 8.36. The number of hydrogen-bond donors (Lipinski definition) is 1. The lowest BCUT2D eigenvalue weighted by Gasteiger charge is -2.33. The third-order valence-corrected chi connectivity index (χ3v) is 2.05. The Morgan fingerprint density at radius 2 is 1.83 bits per heavy atom. The largest absolute Gasteiger partial charge is 0.326 e. The molecule has 0 radical (unpaired) electrons. The van der Waals surface area contributed by atoms with Gasteiger partial charge in [-0.1, -0.05) is 25.7 Å². The van der Waals surface area contributed by atoms with Crippen molar-refractivity contribution in [1.29, 1.82) is 0 Å². The molecule has 66 valence electrons. The van der Waals surface area contributed by atoms with E-state index in [0.717, 1.165) is 6.42 Å². The van der Waals surface area contributed by atoms with Gasteiger partial charge in [0.2, 0.25) is 0 Å². The van der Waals surface area contributed by atoms with Crippen LogP contribution in [-0.2, 0) is 0 Å². The highest BCUT2D eigenvalue weighted by atomic mass is 14.7. The fraction of sp³-hybridized carbons (Fsp3) is 0.636. The summed E-state index contributed by atoms with van der Waals surface area (Å²) in [6.07, 6.45) is 2.96. The van der Waals surface area contributed by atoms with Crippen molar-refractivity contribution in [2.24, 2.45) is 11.1 Å². The van der Waals surface area contributed by atoms with Gasteiger partial charge in [0, 0.05) is 17.2 Å². The van der Waals surface area contributed by atoms with Crippen LogP contribution in [-0.4, -0.2) is 5.54 Å². The molecular weight excluding hydrogens is 146 g/mol. The van der Waals surface area contributed by atoms with E-state index < -0.39 is 0 Å². The second-order valence-electron chi connectivity index (χ2n) is 4.88. The van der Waals surface area contributed by atoms with E-state index in [1.807, 2.05) is 6.08 Å². The molecule has 1 aliphatic carbocycles. The van der Waals surface area contributed by atoms with Crippen molar-refractivity contribution < 1.29 is 0 Å². The summed E-state index contributed by atoms with van der Waals surface area (Å²) in [6, 6.07) is 0. The lowest BCUT2D eigenvalue weighted by Crippen LogP contribution is -2.38. The van der Waals surface area contributed by atoms with E-state index in [9.17, 15) is 0 Å². The molecule has 1 aliphatic rings. The molecule has 0 fully saturated rings. The van der Waals surface area contributed by atoms with Crippen molar-refractivity contribution in [2.75, 3.05) is 0 Å². The van der Waals surface area contributed by atoms with Crippen molar-refractivity contribution in [3.63, 3.8) is 0 Å². The van der Waals surface area contributed by atoms with Crippen LogP contribution in [0.4, 0.5) is 0 Å². The third-order valence-electron chi connectivity index (χ3n) is 2.05. The van der Waals surface area contributed by atoms with Gasteiger partial charge < -0.3 is 5.73 Å². The molecule has 0 saturated heterocycles. The number of hydrogen-bond acceptors (Lipinski definition) is 1. The zero-order chi connectivity index (χ0) is 9.41. The van der Waals surface area contributed by atoms with Crippen LogP contribution in [0.25, 0.3) is 0 Å². The Labute approximate surface area is 75.0 Å². The first-order valence-corrected chi connectivity index (χ1v) is 4.32. The number of rotatable bonds is 3. The molecule has 0 unspecified atom stereocenters. The predicted molar refractivity (Wildman–Crippen MR) is 52.5 cm³/mol. The van der Waals surface area contributed by atoms with E-state index in [0.29, 0.717) is 0 Å². The van der Waals surface area contributed by atoms with Crippen LogP contribution < -0.4 is 5.73 Å². The molecule has 0 spiro atoms. The highest BCUT2D eigenvalue weighted by Crippen LogP contribution is 2.35. The number of allylic oxidation sites excluding steroid dienone is 2. The molecule has 12 heavy (non-hydrogen) atoms. The smallest absolute Gasteiger partial charge is 0.0164 e. The summed E-state index contributed by atoms with van der Waals surface area (Å²) in [7, 11) is 0. The Hall–Kier alpha value is -0.740. The summed E-state index contributed by atoms with van der Waals surface area (Å²) in [4.78, 5) is 0. The molecule has 1 heteroatoms. The molecule has 0 saturated carbocycles. The van der Waals surface area contributed by atoms with Crippen LogP contribution in [0, 0.1) is 17.3 Å². The summed E-state index contributed by atoms with van der Waals surface area (Å²) in [5.41, 5.74) is 7.23. The standard InChI is InChI=1S/C11H17N/c1-10(2,8-11(3,4)12)9-6-5-7-9/h6H,8,12H2,1-4H3. The van der Waals surface area contributed by atoms with Gasteiger partial charge in [-0.3, -0.25) is 0 Å². The normalized spacial score (nSPS) is 15.9. The van der Waals surface area contributed by atoms with Gasteiger partial charge in [-0.05, 0) is 25.7 Å². The summed E-state index contributed by atoms with van der Waals surface area (Å²) in [5.74, 6) is 5.96. The van der Waals surface area contributed by atoms with E-state index in [2.05, 4.69) is 39.5 Å². The average Bonchev–Trinajstić information content (AvgIpc) is 1.45. The van der Waals surface area contributed by atoms with Crippen LogP contribution in [0.2, 0.25) is 0 Å². The first kappa shape index (κ1) is 9.35. The Bertz CT molecular complexity index is 266. The minimum atomic E-state index is -0.110. The predicted octanol–water partition coefficient (Wildman–Crippen LogP) is 2.08. The van der Waals surface area contributed by atoms with Gasteiger partial charge in [0.1, 0.15) is 0 Å². The van der Waals surface area contributed by atoms with E-state index >= 15 is 0 Å². The second kappa shape index (κ2) is 2.64. The van der Waals surface area contributed by atoms with Crippen LogP contribution >= 0.6 is 0 Å². The molecule has 0 amide bonds. The minimum absolute atomic E-state index is 0.110. The Morgan fingerprint density at radius 3 is 2.08 bits per heavy atom. The summed E-state index contributed by atoms with van der Waals surface area (Å²) in [6.45, 7) is 8.51. The molecular formula is C11H17N. The van der Waals surface area contributed by atoms with Gasteiger partial charge in [0.05, 0.1) is 0 Å². The lowest BCUT2D eigenvalue weighted by molar-refractivity contribution is 0.313. The molecule has 0 aromatic heterocycles. The molecule has 1 rings (SSSR count). The molecule has 2 N–H and O–H groups in total. The monoisotopic (exact) mass is 163 g/mol. The molecule has 0 heterocycles. The lowest BCUT2D eigenvalue weighted by atomic mass is 9.73.